The van der Waals surface area contributed by atoms with Gasteiger partial charge in [-0.05, 0) is 130 Å². The number of esters is 1. The summed E-state index contributed by atoms with van der Waals surface area (Å²) in [6, 6.07) is 9.52. The monoisotopic (exact) mass is 524 g/mol. The van der Waals surface area contributed by atoms with Crippen LogP contribution in [0, 0.1) is 35.5 Å². The highest BCUT2D eigenvalue weighted by Gasteiger charge is 2.36. The molecule has 1 atom stereocenters. The minimum Gasteiger partial charge on any atom is -0.462 e. The molecule has 1 unspecified atom stereocenters. The van der Waals surface area contributed by atoms with Gasteiger partial charge in [0.1, 0.15) is 0 Å². The Morgan fingerprint density at radius 2 is 1.34 bits per heavy atom. The maximum Gasteiger partial charge on any atom is 0.335 e. The summed E-state index contributed by atoms with van der Waals surface area (Å²) in [4.78, 5) is 11.8. The molecule has 0 spiro atoms. The molecule has 0 heterocycles. The molecular weight excluding hydrogens is 472 g/mol. The molecule has 4 nitrogen and oxygen atoms in total. The molecule has 1 aromatic carbocycles. The molecule has 212 valence electrons. The van der Waals surface area contributed by atoms with E-state index in [2.05, 4.69) is 37.8 Å². The second kappa shape index (κ2) is 14.7. The normalized spacial score (nSPS) is 30.9. The van der Waals surface area contributed by atoms with Crippen LogP contribution in [0.25, 0.3) is 0 Å². The number of carbonyl (C=O) groups is 1. The van der Waals surface area contributed by atoms with Crippen molar-refractivity contribution in [3.63, 3.8) is 0 Å². The Bertz CT molecular complexity index is 853. The van der Waals surface area contributed by atoms with Crippen LogP contribution in [0.3, 0.4) is 0 Å². The van der Waals surface area contributed by atoms with Gasteiger partial charge in [-0.2, -0.15) is 0 Å². The lowest BCUT2D eigenvalue weighted by Gasteiger charge is -2.42. The number of aliphatic hydroxyl groups is 2. The van der Waals surface area contributed by atoms with Crippen molar-refractivity contribution in [2.24, 2.45) is 35.5 Å². The predicted molar refractivity (Wildman–Crippen MR) is 154 cm³/mol. The van der Waals surface area contributed by atoms with Gasteiger partial charge in [0, 0.05) is 12.5 Å². The fraction of sp³-hybridized carbons (Fsp3) is 0.735. The van der Waals surface area contributed by atoms with Crippen molar-refractivity contribution in [1.29, 1.82) is 0 Å². The van der Waals surface area contributed by atoms with Crippen LogP contribution in [0.4, 0.5) is 0 Å². The summed E-state index contributed by atoms with van der Waals surface area (Å²) >= 11 is 0. The van der Waals surface area contributed by atoms with E-state index in [-0.39, 0.29) is 31.3 Å². The van der Waals surface area contributed by atoms with Gasteiger partial charge in [0.15, 0.2) is 0 Å². The molecule has 4 heteroatoms. The van der Waals surface area contributed by atoms with Gasteiger partial charge in [0.25, 0.3) is 0 Å². The van der Waals surface area contributed by atoms with Crippen molar-refractivity contribution in [3.8, 4) is 0 Å². The Morgan fingerprint density at radius 1 is 0.842 bits per heavy atom. The third-order valence-corrected chi connectivity index (χ3v) is 10.5. The molecule has 0 saturated heterocycles. The average Bonchev–Trinajstić information content (AvgIpc) is 2.98. The lowest BCUT2D eigenvalue weighted by atomic mass is 9.64. The maximum absolute atomic E-state index is 11.8. The Kier molecular flexibility index (Phi) is 11.3. The van der Waals surface area contributed by atoms with E-state index >= 15 is 0 Å². The van der Waals surface area contributed by atoms with Crippen LogP contribution < -0.4 is 0 Å². The number of aryl methyl sites for hydroxylation is 1. The molecule has 0 aromatic heterocycles. The summed E-state index contributed by atoms with van der Waals surface area (Å²) in [5.74, 6) is 4.22. The third kappa shape index (κ3) is 7.72. The number of benzene rings is 1. The van der Waals surface area contributed by atoms with E-state index in [1.165, 1.54) is 82.6 Å². The van der Waals surface area contributed by atoms with Crippen LogP contribution in [-0.2, 0) is 16.0 Å². The summed E-state index contributed by atoms with van der Waals surface area (Å²) in [7, 11) is 0. The standard InChI is InChI=1S/C34H52O4/c1-3-4-25-5-7-26(8-6-25)27-9-11-28(12-10-27)29-13-15-30(16-14-29)31-17-19-32(20-18-31)33(22-36)23-38-34(37)24(2)21-35/h5-8,27-33,35-36H,2-4,9-23H2,1H3. The van der Waals surface area contributed by atoms with Crippen LogP contribution in [0.1, 0.15) is 107 Å². The zero-order chi connectivity index (χ0) is 26.9. The van der Waals surface area contributed by atoms with Crippen molar-refractivity contribution >= 4 is 5.97 Å². The minimum atomic E-state index is -0.550. The topological polar surface area (TPSA) is 66.8 Å². The summed E-state index contributed by atoms with van der Waals surface area (Å²) in [5.41, 5.74) is 3.13. The molecule has 3 aliphatic carbocycles. The zero-order valence-electron chi connectivity index (χ0n) is 23.8. The zero-order valence-corrected chi connectivity index (χ0v) is 23.8. The highest BCUT2D eigenvalue weighted by molar-refractivity contribution is 5.87. The lowest BCUT2D eigenvalue weighted by molar-refractivity contribution is -0.142. The van der Waals surface area contributed by atoms with Gasteiger partial charge in [-0.15, -0.1) is 0 Å². The van der Waals surface area contributed by atoms with Crippen LogP contribution in [0.15, 0.2) is 36.4 Å². The number of hydrogen-bond donors (Lipinski definition) is 2. The van der Waals surface area contributed by atoms with E-state index in [0.717, 1.165) is 42.4 Å². The SMILES string of the molecule is C=C(CO)C(=O)OCC(CO)C1CCC(C2CCC(C3CCC(c4ccc(CCC)cc4)CC3)CC2)CC1. The van der Waals surface area contributed by atoms with Gasteiger partial charge in [-0.3, -0.25) is 0 Å². The smallest absolute Gasteiger partial charge is 0.335 e. The van der Waals surface area contributed by atoms with Gasteiger partial charge >= 0.3 is 5.97 Å². The number of hydrogen-bond acceptors (Lipinski definition) is 4. The highest BCUT2D eigenvalue weighted by atomic mass is 16.5. The van der Waals surface area contributed by atoms with Crippen LogP contribution >= 0.6 is 0 Å². The molecular formula is C34H52O4. The molecule has 4 rings (SSSR count). The van der Waals surface area contributed by atoms with E-state index in [9.17, 15) is 9.90 Å². The number of rotatable bonds is 11. The average molecular weight is 525 g/mol. The number of ether oxygens (including phenoxy) is 1. The summed E-state index contributed by atoms with van der Waals surface area (Å²) < 4.78 is 5.30. The highest BCUT2D eigenvalue weighted by Crippen LogP contribution is 2.47. The van der Waals surface area contributed by atoms with Gasteiger partial charge in [0.05, 0.1) is 18.8 Å². The van der Waals surface area contributed by atoms with Gasteiger partial charge in [-0.25, -0.2) is 4.79 Å². The van der Waals surface area contributed by atoms with Crippen molar-refractivity contribution in [2.45, 2.75) is 103 Å². The molecule has 3 aliphatic rings. The van der Waals surface area contributed by atoms with E-state index in [0.29, 0.717) is 5.92 Å². The Morgan fingerprint density at radius 3 is 1.82 bits per heavy atom. The number of aliphatic hydroxyl groups excluding tert-OH is 2. The number of carbonyl (C=O) groups excluding carboxylic acids is 1. The van der Waals surface area contributed by atoms with E-state index in [1.807, 2.05) is 0 Å². The molecule has 0 amide bonds. The fourth-order valence-electron chi connectivity index (χ4n) is 8.03. The molecule has 2 N–H and O–H groups in total. The molecule has 3 saturated carbocycles. The van der Waals surface area contributed by atoms with Crippen molar-refractivity contribution in [2.75, 3.05) is 19.8 Å². The van der Waals surface area contributed by atoms with Crippen molar-refractivity contribution in [3.05, 3.63) is 47.5 Å². The second-order valence-corrected chi connectivity index (χ2v) is 12.8. The summed E-state index contributed by atoms with van der Waals surface area (Å²) in [5, 5.41) is 18.9. The molecule has 3 fully saturated rings. The first kappa shape index (κ1) is 29.3. The van der Waals surface area contributed by atoms with E-state index < -0.39 is 5.97 Å². The Labute approximate surface area is 231 Å². The van der Waals surface area contributed by atoms with Gasteiger partial charge in [-0.1, -0.05) is 44.2 Å². The first-order chi connectivity index (χ1) is 18.5. The summed E-state index contributed by atoms with van der Waals surface area (Å²) in [6.45, 7) is 5.66. The predicted octanol–water partition coefficient (Wildman–Crippen LogP) is 7.23. The first-order valence-corrected chi connectivity index (χ1v) is 15.7. The Balaban J connectivity index is 1.15. The van der Waals surface area contributed by atoms with Crippen molar-refractivity contribution < 1.29 is 19.7 Å². The van der Waals surface area contributed by atoms with Crippen LogP contribution in [0.2, 0.25) is 0 Å². The van der Waals surface area contributed by atoms with Crippen LogP contribution in [-0.4, -0.2) is 36.0 Å². The van der Waals surface area contributed by atoms with Gasteiger partial charge < -0.3 is 14.9 Å². The molecule has 1 aromatic rings. The quantitative estimate of drug-likeness (QED) is 0.237. The first-order valence-electron chi connectivity index (χ1n) is 15.7. The maximum atomic E-state index is 11.8. The van der Waals surface area contributed by atoms with Crippen molar-refractivity contribution in [1.82, 2.24) is 0 Å². The lowest BCUT2D eigenvalue weighted by Crippen LogP contribution is -2.32. The molecule has 0 aliphatic heterocycles. The van der Waals surface area contributed by atoms with Crippen LogP contribution in [0.5, 0.6) is 0 Å². The minimum absolute atomic E-state index is 0.00784. The van der Waals surface area contributed by atoms with E-state index in [1.54, 1.807) is 5.56 Å². The fourth-order valence-corrected chi connectivity index (χ4v) is 8.03. The Hall–Kier alpha value is -1.65. The molecule has 0 radical (unpaired) electrons. The summed E-state index contributed by atoms with van der Waals surface area (Å²) in [6.07, 6.45) is 18.4. The van der Waals surface area contributed by atoms with E-state index in [4.69, 9.17) is 9.84 Å². The second-order valence-electron chi connectivity index (χ2n) is 12.8. The molecule has 0 bridgehead atoms. The molecule has 38 heavy (non-hydrogen) atoms. The van der Waals surface area contributed by atoms with Gasteiger partial charge in [0.2, 0.25) is 0 Å². The largest absolute Gasteiger partial charge is 0.462 e. The third-order valence-electron chi connectivity index (χ3n) is 10.5.